The number of ether oxygens (including phenoxy) is 1. The minimum Gasteiger partial charge on any atom is -0.495 e. The van der Waals surface area contributed by atoms with Crippen LogP contribution < -0.4 is 15.0 Å². The molecule has 2 aromatic rings. The van der Waals surface area contributed by atoms with Crippen LogP contribution >= 0.6 is 22.6 Å². The summed E-state index contributed by atoms with van der Waals surface area (Å²) in [5.41, 5.74) is 1.91. The molecular weight excluding hydrogens is 415 g/mol. The van der Waals surface area contributed by atoms with Gasteiger partial charge in [0.15, 0.2) is 0 Å². The minimum absolute atomic E-state index is 0.0447. The second-order valence-corrected chi connectivity index (χ2v) is 6.83. The Morgan fingerprint density at radius 3 is 2.54 bits per heavy atom. The van der Waals surface area contributed by atoms with Crippen LogP contribution in [-0.2, 0) is 0 Å². The van der Waals surface area contributed by atoms with Crippen LogP contribution in [0.2, 0.25) is 0 Å². The maximum atomic E-state index is 12.4. The molecule has 3 rings (SSSR count). The number of piperazine rings is 1. The highest BCUT2D eigenvalue weighted by Gasteiger charge is 2.22. The van der Waals surface area contributed by atoms with Crippen molar-refractivity contribution in [1.82, 2.24) is 4.90 Å². The fraction of sp³-hybridized carbons (Fsp3) is 0.278. The van der Waals surface area contributed by atoms with Crippen molar-refractivity contribution in [1.29, 1.82) is 0 Å². The van der Waals surface area contributed by atoms with Gasteiger partial charge in [0.05, 0.1) is 12.8 Å². The van der Waals surface area contributed by atoms with E-state index in [1.165, 1.54) is 0 Å². The molecule has 1 saturated heterocycles. The van der Waals surface area contributed by atoms with Gasteiger partial charge in [-0.15, -0.1) is 0 Å². The molecule has 2 aromatic carbocycles. The molecule has 1 N–H and O–H groups in total. The molecule has 0 radical (unpaired) electrons. The fourth-order valence-electron chi connectivity index (χ4n) is 2.81. The van der Waals surface area contributed by atoms with E-state index in [2.05, 4.69) is 38.9 Å². The van der Waals surface area contributed by atoms with Gasteiger partial charge in [-0.05, 0) is 52.9 Å². The molecule has 0 atom stereocenters. The number of hydrogen-bond donors (Lipinski definition) is 1. The molecule has 1 aliphatic heterocycles. The first-order valence-corrected chi connectivity index (χ1v) is 8.95. The van der Waals surface area contributed by atoms with Crippen LogP contribution in [-0.4, -0.2) is 44.2 Å². The third-order valence-corrected chi connectivity index (χ3v) is 4.74. The van der Waals surface area contributed by atoms with E-state index in [9.17, 15) is 4.79 Å². The van der Waals surface area contributed by atoms with E-state index in [1.54, 1.807) is 7.11 Å². The van der Waals surface area contributed by atoms with Gasteiger partial charge in [0.2, 0.25) is 0 Å². The Kier molecular flexibility index (Phi) is 5.44. The second-order valence-electron chi connectivity index (χ2n) is 5.59. The Morgan fingerprint density at radius 1 is 1.08 bits per heavy atom. The van der Waals surface area contributed by atoms with Crippen molar-refractivity contribution in [3.05, 3.63) is 52.1 Å². The zero-order valence-corrected chi connectivity index (χ0v) is 15.7. The molecule has 0 unspecified atom stereocenters. The van der Waals surface area contributed by atoms with Gasteiger partial charge in [-0.3, -0.25) is 0 Å². The standard InChI is InChI=1S/C18H20IN3O2/c1-24-17-8-3-2-7-16(17)21-9-11-22(12-10-21)18(23)20-15-6-4-5-14(19)13-15/h2-8,13H,9-12H2,1H3,(H,20,23)/i19-2. The summed E-state index contributed by atoms with van der Waals surface area (Å²) in [7, 11) is 1.68. The smallest absolute Gasteiger partial charge is 0.321 e. The molecule has 1 heterocycles. The van der Waals surface area contributed by atoms with E-state index in [0.29, 0.717) is 13.1 Å². The third kappa shape index (κ3) is 3.92. The molecule has 0 aliphatic carbocycles. The molecule has 0 aromatic heterocycles. The number of anilines is 2. The van der Waals surface area contributed by atoms with E-state index in [0.717, 1.165) is 33.8 Å². The molecule has 24 heavy (non-hydrogen) atoms. The molecule has 5 nitrogen and oxygen atoms in total. The number of rotatable bonds is 3. The number of carbonyl (C=O) groups is 1. The number of amides is 2. The van der Waals surface area contributed by atoms with Crippen molar-refractivity contribution in [3.63, 3.8) is 0 Å². The molecule has 1 aliphatic rings. The number of nitrogens with zero attached hydrogens (tertiary/aromatic N) is 2. The predicted molar refractivity (Wildman–Crippen MR) is 105 cm³/mol. The van der Waals surface area contributed by atoms with E-state index >= 15 is 0 Å². The molecule has 126 valence electrons. The van der Waals surface area contributed by atoms with Gasteiger partial charge in [-0.1, -0.05) is 18.2 Å². The Balaban J connectivity index is 1.59. The highest BCUT2D eigenvalue weighted by Crippen LogP contribution is 2.28. The lowest BCUT2D eigenvalue weighted by Gasteiger charge is -2.36. The van der Waals surface area contributed by atoms with Crippen LogP contribution in [0.25, 0.3) is 0 Å². The number of hydrogen-bond acceptors (Lipinski definition) is 3. The van der Waals surface area contributed by atoms with Crippen molar-refractivity contribution in [2.24, 2.45) is 0 Å². The van der Waals surface area contributed by atoms with Crippen LogP contribution in [0.5, 0.6) is 5.75 Å². The van der Waals surface area contributed by atoms with Crippen LogP contribution in [0.4, 0.5) is 16.2 Å². The summed E-state index contributed by atoms with van der Waals surface area (Å²) in [6.07, 6.45) is 0. The SMILES string of the molecule is COc1ccccc1N1CCN(C(=O)Nc2cccc([125I])c2)CC1. The number of methoxy groups -OCH3 is 1. The Bertz CT molecular complexity index is 715. The average molecular weight is 435 g/mol. The Morgan fingerprint density at radius 2 is 1.83 bits per heavy atom. The third-order valence-electron chi connectivity index (χ3n) is 4.07. The molecule has 0 saturated carbocycles. The van der Waals surface area contributed by atoms with E-state index < -0.39 is 0 Å². The van der Waals surface area contributed by atoms with Gasteiger partial charge in [-0.2, -0.15) is 0 Å². The topological polar surface area (TPSA) is 44.8 Å². The fourth-order valence-corrected chi connectivity index (χ4v) is 3.35. The Labute approximate surface area is 155 Å². The quantitative estimate of drug-likeness (QED) is 0.749. The summed E-state index contributed by atoms with van der Waals surface area (Å²) in [5.74, 6) is 0.870. The van der Waals surface area contributed by atoms with Gasteiger partial charge < -0.3 is 19.9 Å². The van der Waals surface area contributed by atoms with Crippen molar-refractivity contribution < 1.29 is 9.53 Å². The number of carbonyl (C=O) groups excluding carboxylic acids is 1. The summed E-state index contributed by atoms with van der Waals surface area (Å²) >= 11 is 2.24. The van der Waals surface area contributed by atoms with Crippen LogP contribution in [0.3, 0.4) is 0 Å². The number of para-hydroxylation sites is 2. The van der Waals surface area contributed by atoms with Crippen molar-refractivity contribution in [2.75, 3.05) is 43.5 Å². The summed E-state index contributed by atoms with van der Waals surface area (Å²) < 4.78 is 6.53. The largest absolute Gasteiger partial charge is 0.495 e. The molecule has 0 bridgehead atoms. The van der Waals surface area contributed by atoms with Crippen molar-refractivity contribution >= 4 is 40.0 Å². The van der Waals surface area contributed by atoms with Gasteiger partial charge in [-0.25, -0.2) is 4.79 Å². The minimum atomic E-state index is -0.0447. The normalized spacial score (nSPS) is 14.4. The lowest BCUT2D eigenvalue weighted by molar-refractivity contribution is 0.208. The highest BCUT2D eigenvalue weighted by atomic mass is 125. The van der Waals surface area contributed by atoms with Gasteiger partial charge in [0.25, 0.3) is 0 Å². The van der Waals surface area contributed by atoms with Crippen LogP contribution in [0.15, 0.2) is 48.5 Å². The zero-order chi connectivity index (χ0) is 16.9. The first kappa shape index (κ1) is 16.9. The summed E-state index contributed by atoms with van der Waals surface area (Å²) in [4.78, 5) is 16.5. The van der Waals surface area contributed by atoms with Gasteiger partial charge in [0, 0.05) is 35.4 Å². The van der Waals surface area contributed by atoms with E-state index in [-0.39, 0.29) is 6.03 Å². The molecular formula is C18H20IN3O2. The maximum Gasteiger partial charge on any atom is 0.321 e. The number of benzene rings is 2. The number of halogens is 1. The highest BCUT2D eigenvalue weighted by molar-refractivity contribution is 14.1. The summed E-state index contributed by atoms with van der Waals surface area (Å²) in [5, 5.41) is 2.97. The zero-order valence-electron chi connectivity index (χ0n) is 13.5. The molecule has 1 fully saturated rings. The number of urea groups is 1. The first-order valence-electron chi connectivity index (χ1n) is 7.87. The Hall–Kier alpha value is -1.96. The molecule has 0 spiro atoms. The van der Waals surface area contributed by atoms with Crippen LogP contribution in [0, 0.1) is 3.57 Å². The van der Waals surface area contributed by atoms with Crippen molar-refractivity contribution in [3.8, 4) is 5.75 Å². The van der Waals surface area contributed by atoms with Gasteiger partial charge >= 0.3 is 6.03 Å². The summed E-state index contributed by atoms with van der Waals surface area (Å²) in [6.45, 7) is 2.96. The monoisotopic (exact) mass is 435 g/mol. The molecule has 2 amide bonds. The predicted octanol–water partition coefficient (Wildman–Crippen LogP) is 3.65. The lowest BCUT2D eigenvalue weighted by Crippen LogP contribution is -2.50. The van der Waals surface area contributed by atoms with Gasteiger partial charge in [0.1, 0.15) is 5.75 Å². The van der Waals surface area contributed by atoms with E-state index in [4.69, 9.17) is 4.74 Å². The number of nitrogens with one attached hydrogen (secondary N) is 1. The maximum absolute atomic E-state index is 12.4. The molecule has 6 heteroatoms. The summed E-state index contributed by atoms with van der Waals surface area (Å²) in [6, 6.07) is 15.8. The second kappa shape index (κ2) is 7.74. The van der Waals surface area contributed by atoms with Crippen molar-refractivity contribution in [2.45, 2.75) is 0 Å². The average Bonchev–Trinajstić information content (AvgIpc) is 2.62. The van der Waals surface area contributed by atoms with Crippen LogP contribution in [0.1, 0.15) is 0 Å². The first-order chi connectivity index (χ1) is 11.7. The van der Waals surface area contributed by atoms with E-state index in [1.807, 2.05) is 47.4 Å². The lowest BCUT2D eigenvalue weighted by atomic mass is 10.2.